The van der Waals surface area contributed by atoms with Crippen LogP contribution in [0.15, 0.2) is 0 Å². The first-order valence-electron chi connectivity index (χ1n) is 6.63. The lowest BCUT2D eigenvalue weighted by Gasteiger charge is -2.25. The fraction of sp³-hybridized carbons (Fsp3) is 0.917. The van der Waals surface area contributed by atoms with Crippen molar-refractivity contribution in [3.8, 4) is 0 Å². The van der Waals surface area contributed by atoms with Gasteiger partial charge in [-0.1, -0.05) is 12.8 Å². The van der Waals surface area contributed by atoms with Gasteiger partial charge < -0.3 is 5.32 Å². The molecule has 0 bridgehead atoms. The highest BCUT2D eigenvalue weighted by atomic mass is 16.2. The van der Waals surface area contributed by atoms with E-state index in [1.807, 2.05) is 5.01 Å². The fourth-order valence-electron chi connectivity index (χ4n) is 3.38. The maximum Gasteiger partial charge on any atom is 0.238 e. The summed E-state index contributed by atoms with van der Waals surface area (Å²) < 4.78 is 0. The van der Waals surface area contributed by atoms with Gasteiger partial charge in [-0.15, -0.1) is 0 Å². The Hall–Kier alpha value is -0.610. The summed E-state index contributed by atoms with van der Waals surface area (Å²) in [6.45, 7) is 2.00. The Morgan fingerprint density at radius 2 is 2.00 bits per heavy atom. The number of carbonyl (C=O) groups is 1. The molecule has 3 rings (SSSR count). The molecule has 2 saturated heterocycles. The maximum atomic E-state index is 12.0. The Bertz CT molecular complexity index is 269. The third kappa shape index (κ3) is 1.84. The van der Waals surface area contributed by atoms with Crippen LogP contribution < -0.4 is 10.7 Å². The van der Waals surface area contributed by atoms with Crippen LogP contribution in [-0.2, 0) is 4.79 Å². The molecule has 2 unspecified atom stereocenters. The van der Waals surface area contributed by atoms with Gasteiger partial charge in [-0.2, -0.15) is 0 Å². The standard InChI is InChI=1S/C12H21N3O/c16-12-7-11(9-3-1-2-4-9)14-15(12)10-5-6-13-8-10/h9-11,13-14H,1-8H2. The Morgan fingerprint density at radius 3 is 2.69 bits per heavy atom. The Labute approximate surface area is 96.7 Å². The molecule has 90 valence electrons. The molecule has 4 heteroatoms. The van der Waals surface area contributed by atoms with Gasteiger partial charge >= 0.3 is 0 Å². The van der Waals surface area contributed by atoms with E-state index in [0.717, 1.165) is 31.8 Å². The summed E-state index contributed by atoms with van der Waals surface area (Å²) in [5, 5.41) is 5.24. The molecule has 2 atom stereocenters. The first kappa shape index (κ1) is 10.5. The van der Waals surface area contributed by atoms with Crippen LogP contribution in [0.1, 0.15) is 38.5 Å². The van der Waals surface area contributed by atoms with Crippen LogP contribution in [0.4, 0.5) is 0 Å². The van der Waals surface area contributed by atoms with Crippen molar-refractivity contribution in [1.29, 1.82) is 0 Å². The SMILES string of the molecule is O=C1CC(C2CCCC2)NN1C1CCNC1. The highest BCUT2D eigenvalue weighted by molar-refractivity contribution is 5.78. The monoisotopic (exact) mass is 223 g/mol. The van der Waals surface area contributed by atoms with E-state index in [-0.39, 0.29) is 0 Å². The molecular formula is C12H21N3O. The molecule has 0 aromatic carbocycles. The largest absolute Gasteiger partial charge is 0.315 e. The molecule has 1 aliphatic carbocycles. The van der Waals surface area contributed by atoms with Gasteiger partial charge in [0.1, 0.15) is 0 Å². The molecule has 1 saturated carbocycles. The molecule has 0 spiro atoms. The van der Waals surface area contributed by atoms with E-state index in [4.69, 9.17) is 0 Å². The summed E-state index contributed by atoms with van der Waals surface area (Å²) >= 11 is 0. The van der Waals surface area contributed by atoms with Crippen LogP contribution in [0.2, 0.25) is 0 Å². The maximum absolute atomic E-state index is 12.0. The van der Waals surface area contributed by atoms with Gasteiger partial charge in [-0.05, 0) is 31.7 Å². The molecule has 3 aliphatic rings. The summed E-state index contributed by atoms with van der Waals surface area (Å²) in [6, 6.07) is 0.814. The van der Waals surface area contributed by atoms with Crippen molar-refractivity contribution in [2.24, 2.45) is 5.92 Å². The number of amides is 1. The van der Waals surface area contributed by atoms with Gasteiger partial charge in [0.25, 0.3) is 0 Å². The van der Waals surface area contributed by atoms with Gasteiger partial charge in [0, 0.05) is 19.0 Å². The number of nitrogens with zero attached hydrogens (tertiary/aromatic N) is 1. The highest BCUT2D eigenvalue weighted by Gasteiger charge is 2.39. The quantitative estimate of drug-likeness (QED) is 0.722. The average molecular weight is 223 g/mol. The average Bonchev–Trinajstić information content (AvgIpc) is 2.97. The van der Waals surface area contributed by atoms with Gasteiger partial charge in [-0.25, -0.2) is 5.43 Å². The first-order chi connectivity index (χ1) is 7.84. The Balaban J connectivity index is 1.62. The second kappa shape index (κ2) is 4.34. The van der Waals surface area contributed by atoms with E-state index in [0.29, 0.717) is 18.0 Å². The van der Waals surface area contributed by atoms with Gasteiger partial charge in [0.2, 0.25) is 5.91 Å². The predicted molar refractivity (Wildman–Crippen MR) is 61.6 cm³/mol. The second-order valence-electron chi connectivity index (χ2n) is 5.39. The first-order valence-corrected chi connectivity index (χ1v) is 6.63. The van der Waals surface area contributed by atoms with Crippen molar-refractivity contribution in [1.82, 2.24) is 15.8 Å². The van der Waals surface area contributed by atoms with Crippen molar-refractivity contribution in [3.63, 3.8) is 0 Å². The number of rotatable bonds is 2. The fourth-order valence-corrected chi connectivity index (χ4v) is 3.38. The van der Waals surface area contributed by atoms with Crippen LogP contribution in [0.3, 0.4) is 0 Å². The van der Waals surface area contributed by atoms with Crippen LogP contribution >= 0.6 is 0 Å². The number of carbonyl (C=O) groups excluding carboxylic acids is 1. The van der Waals surface area contributed by atoms with Crippen molar-refractivity contribution in [2.45, 2.75) is 50.6 Å². The molecule has 4 nitrogen and oxygen atoms in total. The third-order valence-corrected chi connectivity index (χ3v) is 4.34. The number of nitrogens with one attached hydrogen (secondary N) is 2. The van der Waals surface area contributed by atoms with Crippen LogP contribution in [0.5, 0.6) is 0 Å². The minimum Gasteiger partial charge on any atom is -0.315 e. The zero-order valence-electron chi connectivity index (χ0n) is 9.74. The van der Waals surface area contributed by atoms with Gasteiger partial charge in [0.15, 0.2) is 0 Å². The number of hydrogen-bond donors (Lipinski definition) is 2. The van der Waals surface area contributed by atoms with Crippen LogP contribution in [0.25, 0.3) is 0 Å². The second-order valence-corrected chi connectivity index (χ2v) is 5.39. The van der Waals surface area contributed by atoms with E-state index in [1.54, 1.807) is 0 Å². The van der Waals surface area contributed by atoms with E-state index in [1.165, 1.54) is 25.7 Å². The van der Waals surface area contributed by atoms with Crippen molar-refractivity contribution < 1.29 is 4.79 Å². The minimum atomic E-state index is 0.311. The lowest BCUT2D eigenvalue weighted by Crippen LogP contribution is -2.47. The Kier molecular flexibility index (Phi) is 2.86. The summed E-state index contributed by atoms with van der Waals surface area (Å²) in [7, 11) is 0. The number of hydrogen-bond acceptors (Lipinski definition) is 3. The van der Waals surface area contributed by atoms with Crippen LogP contribution in [0, 0.1) is 5.92 Å². The molecule has 2 aliphatic heterocycles. The minimum absolute atomic E-state index is 0.311. The van der Waals surface area contributed by atoms with E-state index < -0.39 is 0 Å². The van der Waals surface area contributed by atoms with Gasteiger partial charge in [-0.3, -0.25) is 9.80 Å². The molecular weight excluding hydrogens is 202 g/mol. The summed E-state index contributed by atoms with van der Waals surface area (Å²) in [6.07, 6.45) is 7.13. The van der Waals surface area contributed by atoms with Crippen molar-refractivity contribution in [3.05, 3.63) is 0 Å². The van der Waals surface area contributed by atoms with Crippen LogP contribution in [-0.4, -0.2) is 36.1 Å². The topological polar surface area (TPSA) is 44.4 Å². The number of hydrazine groups is 1. The molecule has 1 amide bonds. The lowest BCUT2D eigenvalue weighted by molar-refractivity contribution is -0.131. The normalized spacial score (nSPS) is 36.5. The predicted octanol–water partition coefficient (Wildman–Crippen LogP) is 0.644. The molecule has 0 aromatic heterocycles. The molecule has 2 heterocycles. The zero-order chi connectivity index (χ0) is 11.0. The van der Waals surface area contributed by atoms with E-state index in [2.05, 4.69) is 10.7 Å². The summed E-state index contributed by atoms with van der Waals surface area (Å²) in [5.41, 5.74) is 3.47. The van der Waals surface area contributed by atoms with Crippen molar-refractivity contribution >= 4 is 5.91 Å². The smallest absolute Gasteiger partial charge is 0.238 e. The van der Waals surface area contributed by atoms with E-state index >= 15 is 0 Å². The molecule has 16 heavy (non-hydrogen) atoms. The van der Waals surface area contributed by atoms with Gasteiger partial charge in [0.05, 0.1) is 6.04 Å². The lowest BCUT2D eigenvalue weighted by atomic mass is 9.97. The molecule has 3 fully saturated rings. The Morgan fingerprint density at radius 1 is 1.19 bits per heavy atom. The summed E-state index contributed by atoms with van der Waals surface area (Å²) in [4.78, 5) is 12.0. The molecule has 2 N–H and O–H groups in total. The van der Waals surface area contributed by atoms with E-state index in [9.17, 15) is 4.79 Å². The molecule has 0 aromatic rings. The molecule has 0 radical (unpaired) electrons. The van der Waals surface area contributed by atoms with Crippen molar-refractivity contribution in [2.75, 3.05) is 13.1 Å². The highest BCUT2D eigenvalue weighted by Crippen LogP contribution is 2.32. The summed E-state index contributed by atoms with van der Waals surface area (Å²) in [5.74, 6) is 1.05. The third-order valence-electron chi connectivity index (χ3n) is 4.34. The zero-order valence-corrected chi connectivity index (χ0v) is 9.74.